The van der Waals surface area contributed by atoms with Gasteiger partial charge in [0.25, 0.3) is 0 Å². The Balaban J connectivity index is 1.33. The molecule has 3 aliphatic heterocycles. The molecule has 0 saturated carbocycles. The summed E-state index contributed by atoms with van der Waals surface area (Å²) in [6, 6.07) is 14.9. The number of nitrogens with zero attached hydrogens (tertiary/aromatic N) is 3. The summed E-state index contributed by atoms with van der Waals surface area (Å²) >= 11 is 0. The SMILES string of the molecule is CCc1ccc(N2CCC3(CCN(S(=O)(=O)c4ccccc4N4CCCC4=O)CC3)C2=O)cc1. The van der Waals surface area contributed by atoms with Crippen LogP contribution in [0, 0.1) is 5.41 Å². The number of hydrogen-bond donors (Lipinski definition) is 0. The van der Waals surface area contributed by atoms with Gasteiger partial charge in [-0.1, -0.05) is 31.2 Å². The number of para-hydroxylation sites is 1. The van der Waals surface area contributed by atoms with Gasteiger partial charge in [-0.05, 0) is 61.9 Å². The molecule has 8 heteroatoms. The molecule has 2 amide bonds. The number of anilines is 2. The lowest BCUT2D eigenvalue weighted by Crippen LogP contribution is -2.46. The summed E-state index contributed by atoms with van der Waals surface area (Å²) in [4.78, 5) is 29.4. The molecule has 0 radical (unpaired) electrons. The lowest BCUT2D eigenvalue weighted by molar-refractivity contribution is -0.127. The first kappa shape index (κ1) is 23.1. The summed E-state index contributed by atoms with van der Waals surface area (Å²) in [7, 11) is -3.78. The van der Waals surface area contributed by atoms with Gasteiger partial charge in [0.2, 0.25) is 21.8 Å². The standard InChI is InChI=1S/C26H31N3O4S/c1-2-20-9-11-21(12-10-20)28-19-15-26(25(28)31)13-17-27(18-14-26)34(32,33)23-7-4-3-6-22(23)29-16-5-8-24(29)30/h3-4,6-7,9-12H,2,5,8,13-19H2,1H3. The van der Waals surface area contributed by atoms with E-state index < -0.39 is 15.4 Å². The summed E-state index contributed by atoms with van der Waals surface area (Å²) in [6.45, 7) is 3.92. The van der Waals surface area contributed by atoms with E-state index in [2.05, 4.69) is 19.1 Å². The number of sulfonamides is 1. The molecule has 5 rings (SSSR count). The van der Waals surface area contributed by atoms with E-state index >= 15 is 0 Å². The van der Waals surface area contributed by atoms with Crippen LogP contribution >= 0.6 is 0 Å². The number of amides is 2. The average Bonchev–Trinajstić information content (AvgIpc) is 3.43. The van der Waals surface area contributed by atoms with Gasteiger partial charge in [-0.25, -0.2) is 8.42 Å². The topological polar surface area (TPSA) is 78.0 Å². The van der Waals surface area contributed by atoms with Gasteiger partial charge in [0.1, 0.15) is 4.90 Å². The van der Waals surface area contributed by atoms with E-state index in [0.717, 1.165) is 24.9 Å². The molecular formula is C26H31N3O4S. The van der Waals surface area contributed by atoms with Crippen molar-refractivity contribution < 1.29 is 18.0 Å². The smallest absolute Gasteiger partial charge is 0.245 e. The zero-order chi connectivity index (χ0) is 23.9. The van der Waals surface area contributed by atoms with Gasteiger partial charge < -0.3 is 9.80 Å². The van der Waals surface area contributed by atoms with Crippen molar-refractivity contribution in [1.29, 1.82) is 0 Å². The van der Waals surface area contributed by atoms with Crippen molar-refractivity contribution in [3.05, 3.63) is 54.1 Å². The fourth-order valence-electron chi connectivity index (χ4n) is 5.54. The van der Waals surface area contributed by atoms with E-state index in [1.807, 2.05) is 17.0 Å². The van der Waals surface area contributed by atoms with Crippen LogP contribution in [-0.2, 0) is 26.0 Å². The second-order valence-corrected chi connectivity index (χ2v) is 11.4. The summed E-state index contributed by atoms with van der Waals surface area (Å²) in [5.41, 5.74) is 2.11. The molecule has 2 aromatic rings. The zero-order valence-corrected chi connectivity index (χ0v) is 20.4. The van der Waals surface area contributed by atoms with E-state index in [4.69, 9.17) is 0 Å². The number of carbonyl (C=O) groups is 2. The Morgan fingerprint density at radius 1 is 0.853 bits per heavy atom. The highest BCUT2D eigenvalue weighted by molar-refractivity contribution is 7.89. The van der Waals surface area contributed by atoms with E-state index in [1.54, 1.807) is 29.2 Å². The van der Waals surface area contributed by atoms with Crippen LogP contribution < -0.4 is 9.80 Å². The minimum absolute atomic E-state index is 0.0381. The van der Waals surface area contributed by atoms with Crippen molar-refractivity contribution in [2.75, 3.05) is 36.0 Å². The third kappa shape index (κ3) is 3.82. The number of hydrogen-bond acceptors (Lipinski definition) is 4. The Kier molecular flexibility index (Phi) is 5.98. The van der Waals surface area contributed by atoms with Crippen LogP contribution in [0.15, 0.2) is 53.4 Å². The molecule has 3 saturated heterocycles. The fraction of sp³-hybridized carbons (Fsp3) is 0.462. The summed E-state index contributed by atoms with van der Waals surface area (Å²) in [6.07, 6.45) is 3.91. The van der Waals surface area contributed by atoms with Crippen LogP contribution in [0.5, 0.6) is 0 Å². The summed E-state index contributed by atoms with van der Waals surface area (Å²) in [5, 5.41) is 0. The summed E-state index contributed by atoms with van der Waals surface area (Å²) < 4.78 is 28.7. The van der Waals surface area contributed by atoms with E-state index in [-0.39, 0.29) is 16.7 Å². The largest absolute Gasteiger partial charge is 0.312 e. The molecule has 3 heterocycles. The first-order valence-electron chi connectivity index (χ1n) is 12.2. The number of rotatable bonds is 5. The zero-order valence-electron chi connectivity index (χ0n) is 19.6. The Bertz CT molecular complexity index is 1200. The maximum Gasteiger partial charge on any atom is 0.245 e. The average molecular weight is 482 g/mol. The molecule has 0 bridgehead atoms. The van der Waals surface area contributed by atoms with Crippen molar-refractivity contribution >= 4 is 33.2 Å². The van der Waals surface area contributed by atoms with E-state index in [0.29, 0.717) is 51.1 Å². The molecule has 0 aliphatic carbocycles. The van der Waals surface area contributed by atoms with Crippen molar-refractivity contribution in [3.8, 4) is 0 Å². The maximum atomic E-state index is 13.6. The lowest BCUT2D eigenvalue weighted by Gasteiger charge is -2.37. The Hall–Kier alpha value is -2.71. The lowest BCUT2D eigenvalue weighted by atomic mass is 9.77. The normalized spacial score (nSPS) is 21.1. The van der Waals surface area contributed by atoms with Crippen molar-refractivity contribution in [1.82, 2.24) is 4.31 Å². The van der Waals surface area contributed by atoms with Crippen LogP contribution in [0.1, 0.15) is 44.6 Å². The number of aryl methyl sites for hydroxylation is 1. The summed E-state index contributed by atoms with van der Waals surface area (Å²) in [5.74, 6) is 0.0701. The van der Waals surface area contributed by atoms with Crippen LogP contribution in [0.2, 0.25) is 0 Å². The minimum atomic E-state index is -3.78. The van der Waals surface area contributed by atoms with Gasteiger partial charge in [0.05, 0.1) is 11.1 Å². The highest BCUT2D eigenvalue weighted by Crippen LogP contribution is 2.44. The highest BCUT2D eigenvalue weighted by Gasteiger charge is 2.50. The molecule has 0 N–H and O–H groups in total. The molecule has 34 heavy (non-hydrogen) atoms. The molecule has 2 aromatic carbocycles. The van der Waals surface area contributed by atoms with Gasteiger partial charge in [-0.3, -0.25) is 9.59 Å². The Labute approximate surface area is 201 Å². The molecule has 0 unspecified atom stereocenters. The monoisotopic (exact) mass is 481 g/mol. The first-order chi connectivity index (χ1) is 16.4. The molecule has 3 aliphatic rings. The molecule has 1 spiro atoms. The third-order valence-corrected chi connectivity index (χ3v) is 9.64. The highest BCUT2D eigenvalue weighted by atomic mass is 32.2. The molecule has 0 atom stereocenters. The molecule has 180 valence electrons. The molecule has 7 nitrogen and oxygen atoms in total. The predicted octanol–water partition coefficient (Wildman–Crippen LogP) is 3.58. The number of benzene rings is 2. The Morgan fingerprint density at radius 2 is 1.53 bits per heavy atom. The van der Waals surface area contributed by atoms with Crippen LogP contribution in [-0.4, -0.2) is 50.7 Å². The maximum absolute atomic E-state index is 13.6. The second kappa shape index (κ2) is 8.82. The van der Waals surface area contributed by atoms with E-state index in [9.17, 15) is 18.0 Å². The second-order valence-electron chi connectivity index (χ2n) is 9.53. The Morgan fingerprint density at radius 3 is 2.18 bits per heavy atom. The van der Waals surface area contributed by atoms with Crippen LogP contribution in [0.3, 0.4) is 0 Å². The molecular weight excluding hydrogens is 450 g/mol. The van der Waals surface area contributed by atoms with Gasteiger partial charge in [-0.2, -0.15) is 4.31 Å². The van der Waals surface area contributed by atoms with Crippen molar-refractivity contribution in [2.24, 2.45) is 5.41 Å². The third-order valence-electron chi connectivity index (χ3n) is 7.70. The van der Waals surface area contributed by atoms with Crippen LogP contribution in [0.4, 0.5) is 11.4 Å². The quantitative estimate of drug-likeness (QED) is 0.654. The minimum Gasteiger partial charge on any atom is -0.312 e. The number of piperidine rings is 1. The van der Waals surface area contributed by atoms with Gasteiger partial charge in [0.15, 0.2) is 0 Å². The van der Waals surface area contributed by atoms with Gasteiger partial charge in [-0.15, -0.1) is 0 Å². The number of carbonyl (C=O) groups excluding carboxylic acids is 2. The molecule has 3 fully saturated rings. The fourth-order valence-corrected chi connectivity index (χ4v) is 7.17. The van der Waals surface area contributed by atoms with Gasteiger partial charge >= 0.3 is 0 Å². The van der Waals surface area contributed by atoms with Crippen LogP contribution in [0.25, 0.3) is 0 Å². The molecule has 0 aromatic heterocycles. The first-order valence-corrected chi connectivity index (χ1v) is 13.6. The predicted molar refractivity (Wildman–Crippen MR) is 131 cm³/mol. The van der Waals surface area contributed by atoms with Crippen molar-refractivity contribution in [2.45, 2.75) is 50.3 Å². The van der Waals surface area contributed by atoms with Gasteiger partial charge in [0, 0.05) is 38.3 Å². The van der Waals surface area contributed by atoms with Crippen molar-refractivity contribution in [3.63, 3.8) is 0 Å². The van der Waals surface area contributed by atoms with E-state index in [1.165, 1.54) is 9.87 Å².